The molecule has 140 valence electrons. The molecule has 1 aliphatic carbocycles. The smallest absolute Gasteiger partial charge is 0.191 e. The van der Waals surface area contributed by atoms with Crippen molar-refractivity contribution in [3.63, 3.8) is 0 Å². The molecule has 1 aliphatic rings. The van der Waals surface area contributed by atoms with Crippen molar-refractivity contribution in [3.8, 4) is 0 Å². The van der Waals surface area contributed by atoms with E-state index < -0.39 is 46.1 Å². The van der Waals surface area contributed by atoms with Gasteiger partial charge in [-0.1, -0.05) is 45.8 Å². The third-order valence-corrected chi connectivity index (χ3v) is 4.59. The summed E-state index contributed by atoms with van der Waals surface area (Å²) in [5.41, 5.74) is -1.82. The number of allylic oxidation sites excluding steroid dienone is 3. The van der Waals surface area contributed by atoms with Crippen LogP contribution in [0.15, 0.2) is 23.0 Å². The standard InChI is InChI=1S/C20H30O5/c1-11(2)7-9-14-18(23)16(17(22)13(5)6)19(24)20(14,25)15(21)10-8-12(3)4/h8,11,13-14,24-25H,7,9-10H2,1-6H3/t14-,20?/m1/s1. The minimum Gasteiger partial charge on any atom is -0.508 e. The topological polar surface area (TPSA) is 91.7 Å². The Hall–Kier alpha value is -1.75. The van der Waals surface area contributed by atoms with Gasteiger partial charge in [0, 0.05) is 12.3 Å². The second-order valence-corrected chi connectivity index (χ2v) is 7.81. The Balaban J connectivity index is 3.37. The third kappa shape index (κ3) is 4.27. The van der Waals surface area contributed by atoms with Crippen LogP contribution in [0.5, 0.6) is 0 Å². The van der Waals surface area contributed by atoms with E-state index in [1.807, 2.05) is 27.7 Å². The molecular weight excluding hydrogens is 320 g/mol. The monoisotopic (exact) mass is 350 g/mol. The Kier molecular flexibility index (Phi) is 6.89. The molecule has 0 aromatic rings. The van der Waals surface area contributed by atoms with Gasteiger partial charge in [-0.25, -0.2) is 0 Å². The average molecular weight is 350 g/mol. The van der Waals surface area contributed by atoms with Crippen LogP contribution >= 0.6 is 0 Å². The van der Waals surface area contributed by atoms with Gasteiger partial charge in [-0.15, -0.1) is 0 Å². The number of ketones is 3. The van der Waals surface area contributed by atoms with Crippen molar-refractivity contribution >= 4 is 17.3 Å². The van der Waals surface area contributed by atoms with Crippen LogP contribution in [0.1, 0.15) is 60.8 Å². The van der Waals surface area contributed by atoms with Crippen LogP contribution in [0.3, 0.4) is 0 Å². The molecule has 5 nitrogen and oxygen atoms in total. The summed E-state index contributed by atoms with van der Waals surface area (Å²) in [5, 5.41) is 21.5. The highest BCUT2D eigenvalue weighted by molar-refractivity contribution is 6.26. The van der Waals surface area contributed by atoms with Crippen molar-refractivity contribution in [2.75, 3.05) is 0 Å². The van der Waals surface area contributed by atoms with E-state index >= 15 is 0 Å². The summed E-state index contributed by atoms with van der Waals surface area (Å²) in [5.74, 6) is -3.94. The van der Waals surface area contributed by atoms with Crippen LogP contribution in [-0.4, -0.2) is 33.2 Å². The van der Waals surface area contributed by atoms with Crippen LogP contribution in [0.2, 0.25) is 0 Å². The van der Waals surface area contributed by atoms with E-state index in [4.69, 9.17) is 0 Å². The van der Waals surface area contributed by atoms with E-state index in [-0.39, 0.29) is 18.8 Å². The maximum Gasteiger partial charge on any atom is 0.191 e. The molecule has 0 bridgehead atoms. The summed E-state index contributed by atoms with van der Waals surface area (Å²) in [6, 6.07) is 0. The molecule has 0 radical (unpaired) electrons. The first-order valence-corrected chi connectivity index (χ1v) is 8.85. The molecule has 0 heterocycles. The summed E-state index contributed by atoms with van der Waals surface area (Å²) in [7, 11) is 0. The summed E-state index contributed by atoms with van der Waals surface area (Å²) in [6.07, 6.45) is 2.38. The first-order valence-electron chi connectivity index (χ1n) is 8.85. The SMILES string of the molecule is CC(C)=CCC(=O)C1(O)C(O)=C(C(=O)C(C)C)C(=O)[C@H]1CCC(C)C. The second kappa shape index (κ2) is 8.09. The molecule has 0 aliphatic heterocycles. The lowest BCUT2D eigenvalue weighted by atomic mass is 9.79. The molecule has 0 spiro atoms. The Morgan fingerprint density at radius 2 is 1.76 bits per heavy atom. The zero-order valence-corrected chi connectivity index (χ0v) is 16.0. The second-order valence-electron chi connectivity index (χ2n) is 7.81. The highest BCUT2D eigenvalue weighted by Crippen LogP contribution is 2.42. The molecule has 0 saturated carbocycles. The van der Waals surface area contributed by atoms with Gasteiger partial charge in [0.2, 0.25) is 0 Å². The van der Waals surface area contributed by atoms with Gasteiger partial charge < -0.3 is 10.2 Å². The predicted octanol–water partition coefficient (Wildman–Crippen LogP) is 3.32. The van der Waals surface area contributed by atoms with Gasteiger partial charge in [-0.05, 0) is 26.2 Å². The highest BCUT2D eigenvalue weighted by Gasteiger charge is 2.58. The zero-order chi connectivity index (χ0) is 19.5. The lowest BCUT2D eigenvalue weighted by Crippen LogP contribution is -2.46. The van der Waals surface area contributed by atoms with E-state index in [2.05, 4.69) is 0 Å². The molecule has 0 saturated heterocycles. The van der Waals surface area contributed by atoms with Crippen LogP contribution in [0, 0.1) is 17.8 Å². The number of hydrogen-bond acceptors (Lipinski definition) is 5. The molecule has 0 fully saturated rings. The molecule has 25 heavy (non-hydrogen) atoms. The fourth-order valence-electron chi connectivity index (χ4n) is 2.98. The fourth-order valence-corrected chi connectivity index (χ4v) is 2.98. The average Bonchev–Trinajstić information content (AvgIpc) is 2.69. The molecule has 1 unspecified atom stereocenters. The quantitative estimate of drug-likeness (QED) is 0.517. The van der Waals surface area contributed by atoms with Gasteiger partial charge in [-0.3, -0.25) is 14.4 Å². The van der Waals surface area contributed by atoms with E-state index in [1.54, 1.807) is 19.9 Å². The Labute approximate surface area is 149 Å². The van der Waals surface area contributed by atoms with Gasteiger partial charge in [0.25, 0.3) is 0 Å². The van der Waals surface area contributed by atoms with Crippen LogP contribution < -0.4 is 0 Å². The molecule has 0 aromatic carbocycles. The van der Waals surface area contributed by atoms with E-state index in [9.17, 15) is 24.6 Å². The van der Waals surface area contributed by atoms with Crippen LogP contribution in [0.25, 0.3) is 0 Å². The number of aliphatic hydroxyl groups excluding tert-OH is 1. The van der Waals surface area contributed by atoms with Gasteiger partial charge in [0.15, 0.2) is 23.0 Å². The minimum absolute atomic E-state index is 0.0997. The van der Waals surface area contributed by atoms with Crippen molar-refractivity contribution in [1.82, 2.24) is 0 Å². The molecule has 2 atom stereocenters. The Morgan fingerprint density at radius 1 is 1.20 bits per heavy atom. The number of hydrogen-bond donors (Lipinski definition) is 2. The molecular formula is C20H30O5. The van der Waals surface area contributed by atoms with Gasteiger partial charge in [-0.2, -0.15) is 0 Å². The zero-order valence-electron chi connectivity index (χ0n) is 16.0. The molecule has 5 heteroatoms. The lowest BCUT2D eigenvalue weighted by Gasteiger charge is -2.28. The minimum atomic E-state index is -2.31. The van der Waals surface area contributed by atoms with Gasteiger partial charge >= 0.3 is 0 Å². The number of Topliss-reactive ketones (excluding diaryl/α,β-unsaturated/α-hetero) is 3. The maximum absolute atomic E-state index is 12.8. The van der Waals surface area contributed by atoms with Gasteiger partial charge in [0.1, 0.15) is 11.3 Å². The number of carbonyl (C=O) groups is 3. The van der Waals surface area contributed by atoms with E-state index in [0.29, 0.717) is 6.42 Å². The molecule has 2 N–H and O–H groups in total. The molecule has 1 rings (SSSR count). The van der Waals surface area contributed by atoms with Crippen molar-refractivity contribution in [2.45, 2.75) is 66.4 Å². The molecule has 0 aromatic heterocycles. The highest BCUT2D eigenvalue weighted by atomic mass is 16.3. The number of aliphatic hydroxyl groups is 2. The Bertz CT molecular complexity index is 620. The summed E-state index contributed by atoms with van der Waals surface area (Å²) in [6.45, 7) is 10.8. The maximum atomic E-state index is 12.8. The van der Waals surface area contributed by atoms with Crippen LogP contribution in [0.4, 0.5) is 0 Å². The van der Waals surface area contributed by atoms with E-state index in [1.165, 1.54) is 0 Å². The van der Waals surface area contributed by atoms with Crippen molar-refractivity contribution in [3.05, 3.63) is 23.0 Å². The van der Waals surface area contributed by atoms with Crippen LogP contribution in [-0.2, 0) is 14.4 Å². The fraction of sp³-hybridized carbons (Fsp3) is 0.650. The third-order valence-electron chi connectivity index (χ3n) is 4.59. The first-order chi connectivity index (χ1) is 11.4. The Morgan fingerprint density at radius 3 is 2.20 bits per heavy atom. The lowest BCUT2D eigenvalue weighted by molar-refractivity contribution is -0.144. The predicted molar refractivity (Wildman–Crippen MR) is 96.1 cm³/mol. The first kappa shape index (κ1) is 21.3. The van der Waals surface area contributed by atoms with Crippen molar-refractivity contribution in [2.24, 2.45) is 17.8 Å². The van der Waals surface area contributed by atoms with Crippen molar-refractivity contribution in [1.29, 1.82) is 0 Å². The summed E-state index contributed by atoms with van der Waals surface area (Å²) in [4.78, 5) is 37.8. The number of carbonyl (C=O) groups excluding carboxylic acids is 3. The normalized spacial score (nSPS) is 23.6. The van der Waals surface area contributed by atoms with Gasteiger partial charge in [0.05, 0.1) is 5.92 Å². The summed E-state index contributed by atoms with van der Waals surface area (Å²) >= 11 is 0. The van der Waals surface area contributed by atoms with Crippen molar-refractivity contribution < 1.29 is 24.6 Å². The summed E-state index contributed by atoms with van der Waals surface area (Å²) < 4.78 is 0. The largest absolute Gasteiger partial charge is 0.508 e. The number of rotatable bonds is 8. The molecule has 0 amide bonds. The van der Waals surface area contributed by atoms with E-state index in [0.717, 1.165) is 5.57 Å².